The van der Waals surface area contributed by atoms with E-state index in [1.165, 1.54) is 22.7 Å². The van der Waals surface area contributed by atoms with E-state index in [0.29, 0.717) is 13.0 Å². The highest BCUT2D eigenvalue weighted by molar-refractivity contribution is 7.86. The second kappa shape index (κ2) is 8.94. The van der Waals surface area contributed by atoms with Crippen LogP contribution in [-0.2, 0) is 21.4 Å². The smallest absolute Gasteiger partial charge is 0.281 e. The third-order valence-corrected chi connectivity index (χ3v) is 7.03. The van der Waals surface area contributed by atoms with Crippen LogP contribution in [-0.4, -0.2) is 63.8 Å². The van der Waals surface area contributed by atoms with Crippen LogP contribution in [0.1, 0.15) is 5.56 Å². The quantitative estimate of drug-likeness (QED) is 0.777. The van der Waals surface area contributed by atoms with E-state index in [1.54, 1.807) is 7.11 Å². The second-order valence-corrected chi connectivity index (χ2v) is 9.37. The molecule has 2 aromatic rings. The lowest BCUT2D eigenvalue weighted by molar-refractivity contribution is -0.124. The number of ether oxygens (including phenoxy) is 1. The van der Waals surface area contributed by atoms with E-state index in [4.69, 9.17) is 4.74 Å². The Morgan fingerprint density at radius 2 is 1.83 bits per heavy atom. The van der Waals surface area contributed by atoms with Gasteiger partial charge in [0.2, 0.25) is 5.91 Å². The first-order valence-corrected chi connectivity index (χ1v) is 10.9. The highest BCUT2D eigenvalue weighted by atomic mass is 32.2. The maximum atomic E-state index is 12.6. The Kier molecular flexibility index (Phi) is 6.56. The average molecular weight is 418 g/mol. The highest BCUT2D eigenvalue weighted by Gasteiger charge is 2.33. The van der Waals surface area contributed by atoms with Gasteiger partial charge in [0.1, 0.15) is 5.75 Å². The lowest BCUT2D eigenvalue weighted by Crippen LogP contribution is -2.43. The van der Waals surface area contributed by atoms with Crippen LogP contribution in [0.4, 0.5) is 0 Å². The van der Waals surface area contributed by atoms with E-state index in [-0.39, 0.29) is 19.0 Å². The van der Waals surface area contributed by atoms with Crippen LogP contribution in [0.3, 0.4) is 0 Å². The van der Waals surface area contributed by atoms with Crippen LogP contribution >= 0.6 is 0 Å². The summed E-state index contributed by atoms with van der Waals surface area (Å²) in [6.45, 7) is 0.731. The molecule has 0 bridgehead atoms. The number of carbonyl (C=O) groups excluding carboxylic acids is 1. The molecule has 0 saturated carbocycles. The molecule has 1 aliphatic rings. The van der Waals surface area contributed by atoms with Crippen molar-refractivity contribution in [2.45, 2.75) is 6.42 Å². The first kappa shape index (κ1) is 21.3. The minimum absolute atomic E-state index is 0.119. The van der Waals surface area contributed by atoms with E-state index >= 15 is 0 Å². The number of hydrogen-bond donors (Lipinski definition) is 1. The Labute approximate surface area is 172 Å². The topological polar surface area (TPSA) is 79.0 Å². The van der Waals surface area contributed by atoms with E-state index in [0.717, 1.165) is 22.4 Å². The van der Waals surface area contributed by atoms with Crippen molar-refractivity contribution in [1.82, 2.24) is 13.9 Å². The monoisotopic (exact) mass is 417 g/mol. The Balaban J connectivity index is 1.88. The number of rotatable bonds is 6. The Bertz CT molecular complexity index is 958. The summed E-state index contributed by atoms with van der Waals surface area (Å²) in [6.07, 6.45) is 0.452. The maximum absolute atomic E-state index is 12.6. The van der Waals surface area contributed by atoms with Gasteiger partial charge >= 0.3 is 0 Å². The number of nitrogens with zero attached hydrogens (tertiary/aromatic N) is 2. The van der Waals surface area contributed by atoms with E-state index in [2.05, 4.69) is 5.32 Å². The van der Waals surface area contributed by atoms with Crippen LogP contribution in [0, 0.1) is 5.92 Å². The van der Waals surface area contributed by atoms with Crippen molar-refractivity contribution in [2.75, 3.05) is 40.8 Å². The van der Waals surface area contributed by atoms with Crippen LogP contribution in [0.2, 0.25) is 0 Å². The zero-order valence-corrected chi connectivity index (χ0v) is 17.8. The van der Waals surface area contributed by atoms with Gasteiger partial charge in [-0.15, -0.1) is 0 Å². The van der Waals surface area contributed by atoms with Gasteiger partial charge in [-0.3, -0.25) is 4.79 Å². The van der Waals surface area contributed by atoms with Crippen molar-refractivity contribution in [3.63, 3.8) is 0 Å². The summed E-state index contributed by atoms with van der Waals surface area (Å²) in [5.41, 5.74) is 3.05. The van der Waals surface area contributed by atoms with Crippen LogP contribution in [0.25, 0.3) is 11.1 Å². The van der Waals surface area contributed by atoms with Crippen molar-refractivity contribution < 1.29 is 17.9 Å². The molecule has 0 aromatic heterocycles. The summed E-state index contributed by atoms with van der Waals surface area (Å²) in [4.78, 5) is 12.6. The largest absolute Gasteiger partial charge is 0.497 e. The fraction of sp³-hybridized carbons (Fsp3) is 0.381. The van der Waals surface area contributed by atoms with Gasteiger partial charge in [0.15, 0.2) is 0 Å². The third kappa shape index (κ3) is 4.77. The molecule has 156 valence electrons. The number of amides is 1. The predicted octanol–water partition coefficient (Wildman–Crippen LogP) is 1.76. The minimum Gasteiger partial charge on any atom is -0.497 e. The Morgan fingerprint density at radius 1 is 1.14 bits per heavy atom. The maximum Gasteiger partial charge on any atom is 0.281 e. The molecule has 29 heavy (non-hydrogen) atoms. The normalized spacial score (nSPS) is 18.3. The number of hydrogen-bond acceptors (Lipinski definition) is 4. The molecule has 2 aromatic carbocycles. The van der Waals surface area contributed by atoms with Crippen molar-refractivity contribution >= 4 is 16.1 Å². The fourth-order valence-corrected chi connectivity index (χ4v) is 4.63. The van der Waals surface area contributed by atoms with Gasteiger partial charge in [-0.05, 0) is 35.2 Å². The summed E-state index contributed by atoms with van der Waals surface area (Å²) in [5.74, 6) is 0.191. The molecule has 3 rings (SSSR count). The molecule has 1 saturated heterocycles. The first-order valence-electron chi connectivity index (χ1n) is 9.50. The zero-order chi connectivity index (χ0) is 21.0. The molecule has 1 amide bonds. The highest BCUT2D eigenvalue weighted by Crippen LogP contribution is 2.28. The average Bonchev–Trinajstić information content (AvgIpc) is 2.90. The van der Waals surface area contributed by atoms with Gasteiger partial charge in [0.05, 0.1) is 13.0 Å². The lowest BCUT2D eigenvalue weighted by Gasteiger charge is -2.26. The molecule has 1 unspecified atom stereocenters. The Hall–Kier alpha value is -2.42. The van der Waals surface area contributed by atoms with Gasteiger partial charge in [0, 0.05) is 33.7 Å². The molecule has 1 aliphatic heterocycles. The van der Waals surface area contributed by atoms with E-state index in [1.807, 2.05) is 48.5 Å². The molecule has 1 atom stereocenters. The summed E-state index contributed by atoms with van der Waals surface area (Å²) in [6, 6.07) is 15.7. The van der Waals surface area contributed by atoms with Crippen LogP contribution in [0.5, 0.6) is 5.75 Å². The van der Waals surface area contributed by atoms with Gasteiger partial charge in [-0.2, -0.15) is 17.0 Å². The van der Waals surface area contributed by atoms with Gasteiger partial charge in [-0.25, -0.2) is 0 Å². The molecule has 1 fully saturated rings. The molecule has 8 heteroatoms. The molecule has 0 spiro atoms. The molecule has 0 aliphatic carbocycles. The molecule has 1 heterocycles. The van der Waals surface area contributed by atoms with Gasteiger partial charge in [0.25, 0.3) is 10.2 Å². The standard InChI is InChI=1S/C21H27N3O4S/c1-23(2)29(26,27)24-13-12-22-21(25)18(15-24)14-17-6-4-5-7-20(17)16-8-10-19(28-3)11-9-16/h4-11,18H,12-15H2,1-3H3,(H,22,25). The summed E-state index contributed by atoms with van der Waals surface area (Å²) in [7, 11) is 1.05. The van der Waals surface area contributed by atoms with Crippen molar-refractivity contribution in [3.05, 3.63) is 54.1 Å². The number of carbonyl (C=O) groups is 1. The molecule has 1 N–H and O–H groups in total. The van der Waals surface area contributed by atoms with Crippen molar-refractivity contribution in [1.29, 1.82) is 0 Å². The molecule has 0 radical (unpaired) electrons. The van der Waals surface area contributed by atoms with Crippen molar-refractivity contribution in [3.8, 4) is 16.9 Å². The lowest BCUT2D eigenvalue weighted by atomic mass is 9.91. The summed E-state index contributed by atoms with van der Waals surface area (Å²) < 4.78 is 33.0. The molecular weight excluding hydrogens is 390 g/mol. The van der Waals surface area contributed by atoms with Crippen LogP contribution in [0.15, 0.2) is 48.5 Å². The SMILES string of the molecule is COc1ccc(-c2ccccc2CC2CN(S(=O)(=O)N(C)C)CCNC2=O)cc1. The number of methoxy groups -OCH3 is 1. The Morgan fingerprint density at radius 3 is 2.48 bits per heavy atom. The predicted molar refractivity (Wildman–Crippen MR) is 113 cm³/mol. The zero-order valence-electron chi connectivity index (χ0n) is 17.0. The van der Waals surface area contributed by atoms with E-state index < -0.39 is 16.1 Å². The third-order valence-electron chi connectivity index (χ3n) is 5.13. The summed E-state index contributed by atoms with van der Waals surface area (Å²) in [5, 5.41) is 2.85. The first-order chi connectivity index (χ1) is 13.8. The summed E-state index contributed by atoms with van der Waals surface area (Å²) >= 11 is 0. The molecular formula is C21H27N3O4S. The molecule has 7 nitrogen and oxygen atoms in total. The number of nitrogens with one attached hydrogen (secondary N) is 1. The van der Waals surface area contributed by atoms with Gasteiger partial charge in [-0.1, -0.05) is 36.4 Å². The second-order valence-electron chi connectivity index (χ2n) is 7.23. The number of benzene rings is 2. The van der Waals surface area contributed by atoms with Gasteiger partial charge < -0.3 is 10.1 Å². The fourth-order valence-electron chi connectivity index (χ4n) is 3.48. The van der Waals surface area contributed by atoms with E-state index in [9.17, 15) is 13.2 Å². The van der Waals surface area contributed by atoms with Crippen molar-refractivity contribution in [2.24, 2.45) is 5.92 Å². The van der Waals surface area contributed by atoms with Crippen LogP contribution < -0.4 is 10.1 Å². The minimum atomic E-state index is -3.58.